The predicted octanol–water partition coefficient (Wildman–Crippen LogP) is 5.81. The number of methoxy groups -OCH3 is 2. The van der Waals surface area contributed by atoms with Crippen molar-refractivity contribution in [2.24, 2.45) is 11.7 Å². The topological polar surface area (TPSA) is 193 Å². The zero-order valence-electron chi connectivity index (χ0n) is 34.2. The Labute approximate surface area is 353 Å². The highest BCUT2D eigenvalue weighted by atomic mass is 19.4. The number of alkyl halides is 3. The summed E-state index contributed by atoms with van der Waals surface area (Å²) >= 11 is 0. The molecular formula is C45H45F3N6O8. The van der Waals surface area contributed by atoms with Crippen molar-refractivity contribution in [2.75, 3.05) is 26.1 Å². The Morgan fingerprint density at radius 1 is 0.871 bits per heavy atom. The molecule has 62 heavy (non-hydrogen) atoms. The summed E-state index contributed by atoms with van der Waals surface area (Å²) in [6.45, 7) is 2.66. The maximum atomic E-state index is 14.3. The van der Waals surface area contributed by atoms with E-state index < -0.39 is 66.0 Å². The Hall–Kier alpha value is -6.40. The summed E-state index contributed by atoms with van der Waals surface area (Å²) < 4.78 is 66.8. The van der Waals surface area contributed by atoms with Crippen LogP contribution in [0.1, 0.15) is 59.6 Å². The quantitative estimate of drug-likeness (QED) is 0.0975. The first-order valence-electron chi connectivity index (χ1n) is 19.7. The summed E-state index contributed by atoms with van der Waals surface area (Å²) in [5.41, 5.74) is 7.07. The lowest BCUT2D eigenvalue weighted by Gasteiger charge is -2.32. The largest absolute Gasteiger partial charge is 0.497 e. The lowest BCUT2D eigenvalue weighted by Crippen LogP contribution is -2.64. The molecule has 6 aromatic rings. The van der Waals surface area contributed by atoms with E-state index in [1.165, 1.54) is 0 Å². The van der Waals surface area contributed by atoms with Crippen LogP contribution in [-0.2, 0) is 31.9 Å². The summed E-state index contributed by atoms with van der Waals surface area (Å²) in [5.74, 6) is -2.38. The molecule has 1 fully saturated rings. The molecule has 1 aliphatic heterocycles. The van der Waals surface area contributed by atoms with Crippen molar-refractivity contribution in [1.29, 1.82) is 0 Å². The monoisotopic (exact) mass is 854 g/mol. The Bertz CT molecular complexity index is 2490. The Kier molecular flexibility index (Phi) is 12.6. The van der Waals surface area contributed by atoms with Gasteiger partial charge in [0.15, 0.2) is 22.9 Å². The van der Waals surface area contributed by atoms with Crippen LogP contribution in [0.25, 0.3) is 11.2 Å². The molecule has 1 saturated heterocycles. The number of halogens is 3. The van der Waals surface area contributed by atoms with Crippen molar-refractivity contribution in [2.45, 2.75) is 62.9 Å². The van der Waals surface area contributed by atoms with Gasteiger partial charge in [-0.1, -0.05) is 86.6 Å². The molecule has 5 N–H and O–H groups in total. The van der Waals surface area contributed by atoms with Crippen molar-refractivity contribution in [3.8, 4) is 11.5 Å². The van der Waals surface area contributed by atoms with E-state index >= 15 is 0 Å². The average Bonchev–Trinajstić information content (AvgIpc) is 3.79. The van der Waals surface area contributed by atoms with E-state index in [0.29, 0.717) is 24.0 Å². The van der Waals surface area contributed by atoms with Gasteiger partial charge in [0.05, 0.1) is 27.2 Å². The third-order valence-corrected chi connectivity index (χ3v) is 10.8. The third-order valence-electron chi connectivity index (χ3n) is 10.8. The number of aromatic nitrogens is 4. The van der Waals surface area contributed by atoms with Gasteiger partial charge in [0.25, 0.3) is 11.3 Å². The molecule has 324 valence electrons. The van der Waals surface area contributed by atoms with Gasteiger partial charge in [-0.25, -0.2) is 4.98 Å². The minimum Gasteiger partial charge on any atom is -0.497 e. The number of hydrogen-bond donors (Lipinski definition) is 4. The fourth-order valence-corrected chi connectivity index (χ4v) is 7.30. The molecule has 1 aliphatic rings. The van der Waals surface area contributed by atoms with Crippen LogP contribution in [0.3, 0.4) is 0 Å². The second-order valence-electron chi connectivity index (χ2n) is 15.4. The van der Waals surface area contributed by atoms with E-state index in [2.05, 4.69) is 20.3 Å². The van der Waals surface area contributed by atoms with E-state index in [0.717, 1.165) is 44.6 Å². The first-order valence-corrected chi connectivity index (χ1v) is 19.7. The van der Waals surface area contributed by atoms with Gasteiger partial charge >= 0.3 is 6.18 Å². The summed E-state index contributed by atoms with van der Waals surface area (Å²) in [5, 5.41) is 14.0. The van der Waals surface area contributed by atoms with Crippen LogP contribution in [0.4, 0.5) is 19.1 Å². The fourth-order valence-electron chi connectivity index (χ4n) is 7.30. The number of amides is 1. The highest BCUT2D eigenvalue weighted by Crippen LogP contribution is 2.43. The molecule has 4 aromatic carbocycles. The molecule has 14 nitrogen and oxygen atoms in total. The Morgan fingerprint density at radius 3 is 1.81 bits per heavy atom. The number of rotatable bonds is 15. The number of carbonyl (C=O) groups excluding carboxylic acids is 2. The number of H-pyrrole nitrogens is 1. The molecule has 0 saturated carbocycles. The zero-order chi connectivity index (χ0) is 44.3. The van der Waals surface area contributed by atoms with Gasteiger partial charge in [-0.15, -0.1) is 0 Å². The second kappa shape index (κ2) is 17.9. The summed E-state index contributed by atoms with van der Waals surface area (Å²) in [7, 11) is 3.20. The fraction of sp³-hybridized carbons (Fsp3) is 0.311. The van der Waals surface area contributed by atoms with E-state index in [4.69, 9.17) is 24.7 Å². The molecular weight excluding hydrogens is 810 g/mol. The number of hydrogen-bond acceptors (Lipinski definition) is 11. The highest BCUT2D eigenvalue weighted by Gasteiger charge is 2.66. The molecule has 17 heteroatoms. The molecule has 2 unspecified atom stereocenters. The number of carbonyl (C=O) groups is 2. The molecule has 0 bridgehead atoms. The third kappa shape index (κ3) is 9.11. The predicted molar refractivity (Wildman–Crippen MR) is 222 cm³/mol. The van der Waals surface area contributed by atoms with Crippen molar-refractivity contribution in [1.82, 2.24) is 19.5 Å². The normalized spacial score (nSPS) is 19.0. The van der Waals surface area contributed by atoms with E-state index in [1.807, 2.05) is 97.1 Å². The number of aromatic amines is 1. The number of imidazole rings is 1. The summed E-state index contributed by atoms with van der Waals surface area (Å²) in [6, 6.07) is 30.7. The molecule has 3 heterocycles. The van der Waals surface area contributed by atoms with Crippen LogP contribution >= 0.6 is 0 Å². The van der Waals surface area contributed by atoms with Crippen LogP contribution in [0.15, 0.2) is 108 Å². The number of benzene rings is 4. The zero-order valence-corrected chi connectivity index (χ0v) is 34.2. The lowest BCUT2D eigenvalue weighted by molar-refractivity contribution is -0.183. The van der Waals surface area contributed by atoms with Crippen LogP contribution in [0, 0.1) is 5.92 Å². The number of fused-ring (bicyclic) bond motifs is 1. The van der Waals surface area contributed by atoms with Crippen LogP contribution < -0.4 is 26.1 Å². The lowest BCUT2D eigenvalue weighted by atomic mass is 9.86. The maximum Gasteiger partial charge on any atom is 0.452 e. The van der Waals surface area contributed by atoms with Gasteiger partial charge in [-0.2, -0.15) is 18.2 Å². The molecule has 1 amide bonds. The summed E-state index contributed by atoms with van der Waals surface area (Å²) in [4.78, 5) is 49.1. The van der Waals surface area contributed by atoms with Gasteiger partial charge in [-0.05, 0) is 70.5 Å². The number of aliphatic hydroxyl groups is 1. The van der Waals surface area contributed by atoms with Crippen molar-refractivity contribution < 1.29 is 46.8 Å². The van der Waals surface area contributed by atoms with Crippen LogP contribution in [0.2, 0.25) is 0 Å². The number of nitrogens with two attached hydrogens (primary N) is 1. The standard InChI is InChI=1S/C45H45F3N6O8/c1-25(2)39(56)52-43-51-38-35(40(57)53-43)50-24-54(38)42-44(49,41(58)45(46,47)48)37(55)34(62-42)23-61-36(30-13-5-26(6-14-30)21-28-9-17-32(59-3)18-10-28)31-15-7-27(8-16-31)22-29-11-19-33(60-4)20-12-29/h5-20,24-25,34,36-37,42,55H,21-23,49H2,1-4H3,(H2,51,52,53,56,57)/t34-,37?,42-,44?/m1/s1. The number of anilines is 1. The average molecular weight is 855 g/mol. The van der Waals surface area contributed by atoms with Gasteiger partial charge in [-0.3, -0.25) is 29.3 Å². The van der Waals surface area contributed by atoms with Crippen molar-refractivity contribution in [3.05, 3.63) is 147 Å². The van der Waals surface area contributed by atoms with Gasteiger partial charge in [0, 0.05) is 5.92 Å². The van der Waals surface area contributed by atoms with Gasteiger partial charge < -0.3 is 29.8 Å². The molecule has 0 radical (unpaired) electrons. The van der Waals surface area contributed by atoms with Gasteiger partial charge in [0.1, 0.15) is 29.8 Å². The van der Waals surface area contributed by atoms with E-state index in [-0.39, 0.29) is 17.1 Å². The minimum atomic E-state index is -5.52. The molecule has 0 spiro atoms. The highest BCUT2D eigenvalue weighted by molar-refractivity contribution is 5.95. The van der Waals surface area contributed by atoms with Crippen LogP contribution in [0.5, 0.6) is 11.5 Å². The number of Topliss-reactive ketones (excluding diaryl/α,β-unsaturated/α-hetero) is 1. The minimum absolute atomic E-state index is 0.334. The van der Waals surface area contributed by atoms with E-state index in [9.17, 15) is 32.7 Å². The Morgan fingerprint density at radius 2 is 1.35 bits per heavy atom. The molecule has 7 rings (SSSR count). The Balaban J connectivity index is 1.20. The van der Waals surface area contributed by atoms with Gasteiger partial charge in [0.2, 0.25) is 11.9 Å². The molecule has 0 aliphatic carbocycles. The van der Waals surface area contributed by atoms with E-state index in [1.54, 1.807) is 28.1 Å². The first kappa shape index (κ1) is 43.7. The summed E-state index contributed by atoms with van der Waals surface area (Å²) in [6.07, 6.45) is -10.1. The SMILES string of the molecule is COc1ccc(Cc2ccc(C(OC[C@H]3O[C@@H](n4cnc5c(=O)[nH]c(NC(=O)C(C)C)nc54)C(N)(C(=O)C(F)(F)F)C3O)c3ccc(Cc4ccc(OC)cc4)cc3)cc2)cc1. The number of ether oxygens (including phenoxy) is 4. The second-order valence-corrected chi connectivity index (χ2v) is 15.4. The number of nitrogens with one attached hydrogen (secondary N) is 2. The smallest absolute Gasteiger partial charge is 0.452 e. The maximum absolute atomic E-state index is 14.3. The number of ketones is 1. The molecule has 2 aromatic heterocycles. The number of aliphatic hydroxyl groups excluding tert-OH is 1. The van der Waals surface area contributed by atoms with Crippen molar-refractivity contribution >= 4 is 28.8 Å². The van der Waals surface area contributed by atoms with Crippen LogP contribution in [-0.4, -0.2) is 81.1 Å². The first-order chi connectivity index (χ1) is 29.6. The van der Waals surface area contributed by atoms with Crippen molar-refractivity contribution in [3.63, 3.8) is 0 Å². The molecule has 4 atom stereocenters. The number of nitrogens with zero attached hydrogens (tertiary/aromatic N) is 3.